The maximum absolute atomic E-state index is 12.0. The molecule has 1 amide bonds. The van der Waals surface area contributed by atoms with Crippen molar-refractivity contribution in [2.75, 3.05) is 5.32 Å². The van der Waals surface area contributed by atoms with Crippen molar-refractivity contribution in [2.45, 2.75) is 13.0 Å². The molecule has 0 saturated heterocycles. The van der Waals surface area contributed by atoms with E-state index in [0.29, 0.717) is 6.54 Å². The van der Waals surface area contributed by atoms with Gasteiger partial charge in [-0.3, -0.25) is 9.78 Å². The second-order valence-electron chi connectivity index (χ2n) is 4.91. The summed E-state index contributed by atoms with van der Waals surface area (Å²) in [4.78, 5) is 20.6. The lowest BCUT2D eigenvalue weighted by molar-refractivity contribution is -0.120. The summed E-state index contributed by atoms with van der Waals surface area (Å²) in [5, 5.41) is 8.75. The van der Waals surface area contributed by atoms with Crippen LogP contribution in [0.4, 0.5) is 10.8 Å². The van der Waals surface area contributed by atoms with Crippen LogP contribution in [0.25, 0.3) is 0 Å². The fourth-order valence-corrected chi connectivity index (χ4v) is 2.74. The van der Waals surface area contributed by atoms with Gasteiger partial charge >= 0.3 is 0 Å². The molecule has 0 unspecified atom stereocenters. The van der Waals surface area contributed by atoms with Crippen molar-refractivity contribution >= 4 is 28.1 Å². The summed E-state index contributed by atoms with van der Waals surface area (Å²) >= 11 is 1.49. The first-order valence-corrected chi connectivity index (χ1v) is 8.10. The zero-order valence-corrected chi connectivity index (χ0v) is 13.2. The van der Waals surface area contributed by atoms with Crippen LogP contribution in [0, 0.1) is 0 Å². The van der Waals surface area contributed by atoms with Crippen LogP contribution in [0.2, 0.25) is 0 Å². The standard InChI is InChI=1S/C17H16N4OS/c22-16(19-11-14-8-4-5-9-18-14)10-15-12-23-17(21-15)20-13-6-2-1-3-7-13/h1-9,12H,10-11H2,(H,19,22)(H,20,21). The van der Waals surface area contributed by atoms with E-state index in [-0.39, 0.29) is 12.3 Å². The third-order valence-electron chi connectivity index (χ3n) is 3.11. The van der Waals surface area contributed by atoms with Crippen LogP contribution in [-0.4, -0.2) is 15.9 Å². The Kier molecular flexibility index (Phi) is 4.95. The monoisotopic (exact) mass is 324 g/mol. The summed E-state index contributed by atoms with van der Waals surface area (Å²) in [6.45, 7) is 0.429. The smallest absolute Gasteiger partial charge is 0.226 e. The van der Waals surface area contributed by atoms with Gasteiger partial charge in [-0.05, 0) is 24.3 Å². The van der Waals surface area contributed by atoms with Crippen LogP contribution in [0.5, 0.6) is 0 Å². The van der Waals surface area contributed by atoms with Crippen molar-refractivity contribution in [3.8, 4) is 0 Å². The van der Waals surface area contributed by atoms with Crippen molar-refractivity contribution in [2.24, 2.45) is 0 Å². The van der Waals surface area contributed by atoms with E-state index in [1.54, 1.807) is 6.20 Å². The van der Waals surface area contributed by atoms with Gasteiger partial charge in [-0.2, -0.15) is 0 Å². The van der Waals surface area contributed by atoms with Gasteiger partial charge in [-0.25, -0.2) is 4.98 Å². The van der Waals surface area contributed by atoms with E-state index in [9.17, 15) is 4.79 Å². The van der Waals surface area contributed by atoms with E-state index in [2.05, 4.69) is 20.6 Å². The van der Waals surface area contributed by atoms with E-state index in [4.69, 9.17) is 0 Å². The van der Waals surface area contributed by atoms with Crippen molar-refractivity contribution in [1.29, 1.82) is 0 Å². The highest BCUT2D eigenvalue weighted by Gasteiger charge is 2.08. The van der Waals surface area contributed by atoms with E-state index < -0.39 is 0 Å². The second-order valence-corrected chi connectivity index (χ2v) is 5.77. The van der Waals surface area contributed by atoms with E-state index in [0.717, 1.165) is 22.2 Å². The quantitative estimate of drug-likeness (QED) is 0.731. The number of nitrogens with one attached hydrogen (secondary N) is 2. The van der Waals surface area contributed by atoms with Gasteiger partial charge in [0.1, 0.15) is 0 Å². The average Bonchev–Trinajstić information content (AvgIpc) is 3.02. The molecule has 0 radical (unpaired) electrons. The molecule has 3 rings (SSSR count). The molecule has 6 heteroatoms. The first kappa shape index (κ1) is 15.2. The van der Waals surface area contributed by atoms with Crippen molar-refractivity contribution < 1.29 is 4.79 Å². The minimum absolute atomic E-state index is 0.0628. The Labute approximate surface area is 138 Å². The highest BCUT2D eigenvalue weighted by Crippen LogP contribution is 2.20. The Hall–Kier alpha value is -2.73. The van der Waals surface area contributed by atoms with Crippen molar-refractivity contribution in [3.63, 3.8) is 0 Å². The minimum atomic E-state index is -0.0628. The number of nitrogens with zero attached hydrogens (tertiary/aromatic N) is 2. The lowest BCUT2D eigenvalue weighted by atomic mass is 10.3. The molecule has 2 N–H and O–H groups in total. The summed E-state index contributed by atoms with van der Waals surface area (Å²) in [7, 11) is 0. The van der Waals surface area contributed by atoms with Crippen LogP contribution >= 0.6 is 11.3 Å². The predicted octanol–water partition coefficient (Wildman–Crippen LogP) is 3.14. The van der Waals surface area contributed by atoms with Crippen LogP contribution in [-0.2, 0) is 17.8 Å². The molecule has 116 valence electrons. The highest BCUT2D eigenvalue weighted by molar-refractivity contribution is 7.13. The number of aromatic nitrogens is 2. The Morgan fingerprint density at radius 1 is 1.04 bits per heavy atom. The second kappa shape index (κ2) is 7.51. The van der Waals surface area contributed by atoms with E-state index in [1.807, 2.05) is 53.9 Å². The topological polar surface area (TPSA) is 66.9 Å². The molecule has 0 atom stereocenters. The zero-order chi connectivity index (χ0) is 15.9. The number of amides is 1. The number of hydrogen-bond acceptors (Lipinski definition) is 5. The van der Waals surface area contributed by atoms with Gasteiger partial charge in [-0.15, -0.1) is 11.3 Å². The third kappa shape index (κ3) is 4.62. The Bertz CT molecular complexity index is 759. The number of carbonyl (C=O) groups excluding carboxylic acids is 1. The zero-order valence-electron chi connectivity index (χ0n) is 12.4. The molecule has 0 spiro atoms. The molecule has 23 heavy (non-hydrogen) atoms. The van der Waals surface area contributed by atoms with Gasteiger partial charge < -0.3 is 10.6 Å². The molecule has 1 aromatic carbocycles. The maximum atomic E-state index is 12.0. The van der Waals surface area contributed by atoms with E-state index in [1.165, 1.54) is 11.3 Å². The molecule has 0 bridgehead atoms. The average molecular weight is 324 g/mol. The number of para-hydroxylation sites is 1. The molecular weight excluding hydrogens is 308 g/mol. The lowest BCUT2D eigenvalue weighted by Crippen LogP contribution is -2.25. The predicted molar refractivity (Wildman–Crippen MR) is 91.6 cm³/mol. The summed E-state index contributed by atoms with van der Waals surface area (Å²) < 4.78 is 0. The van der Waals surface area contributed by atoms with Gasteiger partial charge in [0.2, 0.25) is 5.91 Å². The number of anilines is 2. The lowest BCUT2D eigenvalue weighted by Gasteiger charge is -2.03. The molecule has 2 aromatic heterocycles. The molecule has 0 aliphatic heterocycles. The maximum Gasteiger partial charge on any atom is 0.226 e. The molecule has 0 aliphatic carbocycles. The Morgan fingerprint density at radius 2 is 1.87 bits per heavy atom. The van der Waals surface area contributed by atoms with Crippen LogP contribution in [0.1, 0.15) is 11.4 Å². The minimum Gasteiger partial charge on any atom is -0.350 e. The molecule has 2 heterocycles. The van der Waals surface area contributed by atoms with Gasteiger partial charge in [0.15, 0.2) is 5.13 Å². The number of thiazole rings is 1. The molecule has 0 fully saturated rings. The number of hydrogen-bond donors (Lipinski definition) is 2. The molecule has 5 nitrogen and oxygen atoms in total. The summed E-state index contributed by atoms with van der Waals surface area (Å²) in [6, 6.07) is 15.5. The Morgan fingerprint density at radius 3 is 2.65 bits per heavy atom. The first-order chi connectivity index (χ1) is 11.3. The van der Waals surface area contributed by atoms with Crippen LogP contribution in [0.15, 0.2) is 60.1 Å². The molecule has 0 aliphatic rings. The molecule has 0 saturated carbocycles. The SMILES string of the molecule is O=C(Cc1csc(Nc2ccccc2)n1)NCc1ccccn1. The normalized spacial score (nSPS) is 10.3. The summed E-state index contributed by atoms with van der Waals surface area (Å²) in [5.41, 5.74) is 2.57. The first-order valence-electron chi connectivity index (χ1n) is 7.23. The molecule has 3 aromatic rings. The van der Waals surface area contributed by atoms with Crippen LogP contribution in [0.3, 0.4) is 0 Å². The van der Waals surface area contributed by atoms with Crippen molar-refractivity contribution in [3.05, 3.63) is 71.5 Å². The van der Waals surface area contributed by atoms with Gasteiger partial charge in [0.25, 0.3) is 0 Å². The third-order valence-corrected chi connectivity index (χ3v) is 3.92. The summed E-state index contributed by atoms with van der Waals surface area (Å²) in [6.07, 6.45) is 1.98. The van der Waals surface area contributed by atoms with Gasteiger partial charge in [0, 0.05) is 17.3 Å². The molecular formula is C17H16N4OS. The van der Waals surface area contributed by atoms with Crippen LogP contribution < -0.4 is 10.6 Å². The number of pyridine rings is 1. The fourth-order valence-electron chi connectivity index (χ4n) is 2.01. The number of rotatable bonds is 6. The highest BCUT2D eigenvalue weighted by atomic mass is 32.1. The van der Waals surface area contributed by atoms with Gasteiger partial charge in [0.05, 0.1) is 24.4 Å². The number of benzene rings is 1. The van der Waals surface area contributed by atoms with Gasteiger partial charge in [-0.1, -0.05) is 24.3 Å². The summed E-state index contributed by atoms with van der Waals surface area (Å²) in [5.74, 6) is -0.0628. The number of carbonyl (C=O) groups is 1. The fraction of sp³-hybridized carbons (Fsp3) is 0.118. The van der Waals surface area contributed by atoms with E-state index >= 15 is 0 Å². The largest absolute Gasteiger partial charge is 0.350 e. The van der Waals surface area contributed by atoms with Crippen molar-refractivity contribution in [1.82, 2.24) is 15.3 Å². The Balaban J connectivity index is 1.51.